The lowest BCUT2D eigenvalue weighted by molar-refractivity contribution is 0.0850. The summed E-state index contributed by atoms with van der Waals surface area (Å²) in [5, 5.41) is 3.88. The van der Waals surface area contributed by atoms with Crippen LogP contribution in [-0.4, -0.2) is 5.78 Å². The van der Waals surface area contributed by atoms with Crippen LogP contribution < -0.4 is 4.74 Å². The summed E-state index contributed by atoms with van der Waals surface area (Å²) in [6.07, 6.45) is 0.0260. The van der Waals surface area contributed by atoms with Crippen LogP contribution in [0.2, 0.25) is 0 Å². The predicted octanol–water partition coefficient (Wildman–Crippen LogP) is 3.59. The first-order chi connectivity index (χ1) is 8.24. The number of benzene rings is 1. The van der Waals surface area contributed by atoms with Crippen molar-refractivity contribution < 1.29 is 13.9 Å². The smallest absolute Gasteiger partial charge is 0.170 e. The molecule has 86 valence electrons. The molecule has 0 saturated heterocycles. The van der Waals surface area contributed by atoms with E-state index >= 15 is 0 Å². The van der Waals surface area contributed by atoms with E-state index in [4.69, 9.17) is 4.74 Å². The Kier molecular flexibility index (Phi) is 2.44. The predicted molar refractivity (Wildman–Crippen MR) is 63.0 cm³/mol. The zero-order valence-electron chi connectivity index (χ0n) is 8.85. The number of carbonyl (C=O) groups excluding carboxylic acids is 1. The minimum atomic E-state index is -0.387. The van der Waals surface area contributed by atoms with Crippen molar-refractivity contribution in [3.63, 3.8) is 0 Å². The van der Waals surface area contributed by atoms with Crippen LogP contribution in [0.25, 0.3) is 0 Å². The molecular weight excluding hydrogens is 239 g/mol. The zero-order chi connectivity index (χ0) is 11.8. The van der Waals surface area contributed by atoms with E-state index in [1.165, 1.54) is 18.2 Å². The molecule has 0 amide bonds. The summed E-state index contributed by atoms with van der Waals surface area (Å²) in [6.45, 7) is 0. The summed E-state index contributed by atoms with van der Waals surface area (Å²) in [4.78, 5) is 11.9. The van der Waals surface area contributed by atoms with E-state index in [1.807, 2.05) is 16.8 Å². The number of halogens is 1. The molecule has 1 aromatic carbocycles. The van der Waals surface area contributed by atoms with Crippen LogP contribution in [0.3, 0.4) is 0 Å². The number of carbonyl (C=O) groups is 1. The highest BCUT2D eigenvalue weighted by molar-refractivity contribution is 7.07. The van der Waals surface area contributed by atoms with Crippen molar-refractivity contribution in [3.05, 3.63) is 52.0 Å². The minimum absolute atomic E-state index is 0.00227. The molecule has 0 saturated carbocycles. The molecule has 1 aliphatic rings. The van der Waals surface area contributed by atoms with Gasteiger partial charge in [0.05, 0.1) is 12.0 Å². The first-order valence-corrected chi connectivity index (χ1v) is 6.20. The number of ketones is 1. The van der Waals surface area contributed by atoms with Crippen LogP contribution in [0.1, 0.15) is 28.4 Å². The second-order valence-electron chi connectivity index (χ2n) is 3.93. The molecule has 17 heavy (non-hydrogen) atoms. The highest BCUT2D eigenvalue weighted by Gasteiger charge is 2.27. The third-order valence-electron chi connectivity index (χ3n) is 2.80. The summed E-state index contributed by atoms with van der Waals surface area (Å²) in [5.74, 6) is -0.0394. The van der Waals surface area contributed by atoms with E-state index in [0.717, 1.165) is 5.56 Å². The Bertz CT molecular complexity index is 563. The van der Waals surface area contributed by atoms with E-state index in [1.54, 1.807) is 11.3 Å². The third-order valence-corrected chi connectivity index (χ3v) is 3.50. The van der Waals surface area contributed by atoms with Gasteiger partial charge in [-0.3, -0.25) is 4.79 Å². The number of hydrogen-bond acceptors (Lipinski definition) is 3. The van der Waals surface area contributed by atoms with Gasteiger partial charge in [-0.1, -0.05) is 0 Å². The van der Waals surface area contributed by atoms with Gasteiger partial charge in [0.15, 0.2) is 5.78 Å². The van der Waals surface area contributed by atoms with Gasteiger partial charge in [0.1, 0.15) is 17.7 Å². The van der Waals surface area contributed by atoms with Gasteiger partial charge in [-0.25, -0.2) is 4.39 Å². The largest absolute Gasteiger partial charge is 0.484 e. The molecule has 1 atom stereocenters. The van der Waals surface area contributed by atoms with Gasteiger partial charge in [-0.2, -0.15) is 11.3 Å². The first kappa shape index (κ1) is 10.5. The molecule has 2 nitrogen and oxygen atoms in total. The van der Waals surface area contributed by atoms with Crippen molar-refractivity contribution in [2.24, 2.45) is 0 Å². The topological polar surface area (TPSA) is 26.3 Å². The quantitative estimate of drug-likeness (QED) is 0.770. The molecule has 0 fully saturated rings. The van der Waals surface area contributed by atoms with Gasteiger partial charge >= 0.3 is 0 Å². The Morgan fingerprint density at radius 2 is 2.24 bits per heavy atom. The Balaban J connectivity index is 2.00. The second kappa shape index (κ2) is 3.96. The standard InChI is InChI=1S/C13H9FO2S/c14-9-1-2-10-11(15)6-12(16-13(10)5-9)8-3-4-17-7-8/h1-5,7,12H,6H2. The fourth-order valence-corrected chi connectivity index (χ4v) is 2.64. The molecule has 2 aromatic rings. The van der Waals surface area contributed by atoms with Crippen molar-refractivity contribution in [1.29, 1.82) is 0 Å². The van der Waals surface area contributed by atoms with E-state index in [2.05, 4.69) is 0 Å². The van der Waals surface area contributed by atoms with Gasteiger partial charge in [0.2, 0.25) is 0 Å². The molecule has 2 heterocycles. The summed E-state index contributed by atoms with van der Waals surface area (Å²) in [6, 6.07) is 5.96. The van der Waals surface area contributed by atoms with Gasteiger partial charge in [-0.15, -0.1) is 0 Å². The van der Waals surface area contributed by atoms with E-state index < -0.39 is 0 Å². The van der Waals surface area contributed by atoms with Crippen LogP contribution in [0.4, 0.5) is 4.39 Å². The molecule has 0 spiro atoms. The maximum atomic E-state index is 13.1. The molecule has 1 aromatic heterocycles. The SMILES string of the molecule is O=C1CC(c2ccsc2)Oc2cc(F)ccc21. The zero-order valence-corrected chi connectivity index (χ0v) is 9.67. The van der Waals surface area contributed by atoms with Crippen LogP contribution in [0.5, 0.6) is 5.75 Å². The van der Waals surface area contributed by atoms with Crippen molar-refractivity contribution in [2.75, 3.05) is 0 Å². The van der Waals surface area contributed by atoms with Crippen LogP contribution in [0.15, 0.2) is 35.0 Å². The van der Waals surface area contributed by atoms with Crippen LogP contribution in [0, 0.1) is 5.82 Å². The normalized spacial score (nSPS) is 18.6. The molecule has 0 aliphatic carbocycles. The van der Waals surface area contributed by atoms with Crippen molar-refractivity contribution in [2.45, 2.75) is 12.5 Å². The number of fused-ring (bicyclic) bond motifs is 1. The Morgan fingerprint density at radius 3 is 3.00 bits per heavy atom. The number of thiophene rings is 1. The van der Waals surface area contributed by atoms with Crippen molar-refractivity contribution in [3.8, 4) is 5.75 Å². The molecular formula is C13H9FO2S. The monoisotopic (exact) mass is 248 g/mol. The molecule has 0 bridgehead atoms. The lowest BCUT2D eigenvalue weighted by Crippen LogP contribution is -2.20. The van der Waals surface area contributed by atoms with Crippen molar-refractivity contribution >= 4 is 17.1 Å². The molecule has 1 unspecified atom stereocenters. The molecule has 4 heteroatoms. The van der Waals surface area contributed by atoms with E-state index in [9.17, 15) is 9.18 Å². The third kappa shape index (κ3) is 1.85. The summed E-state index contributed by atoms with van der Waals surface area (Å²) >= 11 is 1.55. The minimum Gasteiger partial charge on any atom is -0.484 e. The maximum Gasteiger partial charge on any atom is 0.170 e. The first-order valence-electron chi connectivity index (χ1n) is 5.25. The van der Waals surface area contributed by atoms with Gasteiger partial charge < -0.3 is 4.74 Å². The van der Waals surface area contributed by atoms with Crippen LogP contribution in [-0.2, 0) is 0 Å². The average Bonchev–Trinajstić information content (AvgIpc) is 2.81. The van der Waals surface area contributed by atoms with Crippen LogP contribution >= 0.6 is 11.3 Å². The lowest BCUT2D eigenvalue weighted by Gasteiger charge is -2.24. The Morgan fingerprint density at radius 1 is 1.35 bits per heavy atom. The van der Waals surface area contributed by atoms with Gasteiger partial charge in [0.25, 0.3) is 0 Å². The van der Waals surface area contributed by atoms with E-state index in [0.29, 0.717) is 17.7 Å². The van der Waals surface area contributed by atoms with Gasteiger partial charge in [0, 0.05) is 11.6 Å². The van der Waals surface area contributed by atoms with Crippen molar-refractivity contribution in [1.82, 2.24) is 0 Å². The fraction of sp³-hybridized carbons (Fsp3) is 0.154. The Hall–Kier alpha value is -1.68. The number of Topliss-reactive ketones (excluding diaryl/α,β-unsaturated/α-hetero) is 1. The second-order valence-corrected chi connectivity index (χ2v) is 4.71. The van der Waals surface area contributed by atoms with Gasteiger partial charge in [-0.05, 0) is 29.0 Å². The highest BCUT2D eigenvalue weighted by Crippen LogP contribution is 2.35. The molecule has 3 rings (SSSR count). The highest BCUT2D eigenvalue weighted by atomic mass is 32.1. The lowest BCUT2D eigenvalue weighted by atomic mass is 9.98. The number of rotatable bonds is 1. The number of ether oxygens (including phenoxy) is 1. The molecule has 0 N–H and O–H groups in total. The summed E-state index contributed by atoms with van der Waals surface area (Å²) in [7, 11) is 0. The molecule has 1 aliphatic heterocycles. The summed E-state index contributed by atoms with van der Waals surface area (Å²) in [5.41, 5.74) is 1.44. The summed E-state index contributed by atoms with van der Waals surface area (Å²) < 4.78 is 18.8. The number of hydrogen-bond donors (Lipinski definition) is 0. The fourth-order valence-electron chi connectivity index (χ4n) is 1.94. The van der Waals surface area contributed by atoms with E-state index in [-0.39, 0.29) is 17.7 Å². The molecule has 0 radical (unpaired) electrons. The average molecular weight is 248 g/mol. The maximum absolute atomic E-state index is 13.1. The Labute approximate surface area is 102 Å².